The summed E-state index contributed by atoms with van der Waals surface area (Å²) in [6.07, 6.45) is 2.89. The molecule has 0 bridgehead atoms. The molecule has 2 heterocycles. The molecule has 1 aromatic heterocycles. The van der Waals surface area contributed by atoms with E-state index in [2.05, 4.69) is 5.32 Å². The number of rotatable bonds is 10. The number of nitro benzene ring substituents is 1. The minimum Gasteiger partial charge on any atom is -0.462 e. The molecule has 1 N–H and O–H groups in total. The molecule has 11 nitrogen and oxygen atoms in total. The van der Waals surface area contributed by atoms with E-state index in [1.807, 2.05) is 13.8 Å². The molecular formula is C29H26ClN3O8S. The van der Waals surface area contributed by atoms with Gasteiger partial charge in [-0.25, -0.2) is 4.79 Å². The van der Waals surface area contributed by atoms with Crippen LogP contribution in [0.3, 0.4) is 0 Å². The number of thioether (sulfide) groups is 1. The number of carbonyl (C=O) groups is 4. The molecule has 13 heteroatoms. The summed E-state index contributed by atoms with van der Waals surface area (Å²) >= 11 is 6.74. The van der Waals surface area contributed by atoms with Gasteiger partial charge in [0.1, 0.15) is 18.1 Å². The largest absolute Gasteiger partial charge is 0.462 e. The molecule has 218 valence electrons. The minimum absolute atomic E-state index is 0.0203. The van der Waals surface area contributed by atoms with E-state index >= 15 is 0 Å². The molecule has 1 aliphatic rings. The van der Waals surface area contributed by atoms with E-state index in [1.54, 1.807) is 19.1 Å². The zero-order valence-corrected chi connectivity index (χ0v) is 24.5. The van der Waals surface area contributed by atoms with Crippen LogP contribution in [-0.4, -0.2) is 46.0 Å². The Bertz CT molecular complexity index is 1630. The lowest BCUT2D eigenvalue weighted by molar-refractivity contribution is -0.384. The SMILES string of the molecule is CCCCOC(=O)c1cc(NC(=O)CN2C(=O)S/C(=C\c3ccc(-c4cc(C)c(C)cc4[N+](=O)[O-])o3)C2=O)ccc1Cl. The Morgan fingerprint density at radius 2 is 1.88 bits per heavy atom. The Hall–Kier alpha value is -4.42. The number of imide groups is 1. The van der Waals surface area contributed by atoms with Gasteiger partial charge in [-0.3, -0.25) is 29.4 Å². The van der Waals surface area contributed by atoms with Gasteiger partial charge in [-0.05, 0) is 79.6 Å². The van der Waals surface area contributed by atoms with Crippen LogP contribution in [0.2, 0.25) is 5.02 Å². The number of benzene rings is 2. The van der Waals surface area contributed by atoms with Gasteiger partial charge in [0, 0.05) is 17.8 Å². The molecule has 2 aromatic carbocycles. The number of furan rings is 1. The summed E-state index contributed by atoms with van der Waals surface area (Å²) in [6.45, 7) is 5.22. The first-order chi connectivity index (χ1) is 20.0. The van der Waals surface area contributed by atoms with Gasteiger partial charge in [0.05, 0.1) is 32.6 Å². The predicted molar refractivity (Wildman–Crippen MR) is 158 cm³/mol. The number of nitrogens with one attached hydrogen (secondary N) is 1. The molecule has 0 radical (unpaired) electrons. The topological polar surface area (TPSA) is 149 Å². The van der Waals surface area contributed by atoms with Crippen LogP contribution in [-0.2, 0) is 14.3 Å². The molecule has 0 spiro atoms. The van der Waals surface area contributed by atoms with E-state index in [0.29, 0.717) is 18.2 Å². The quantitative estimate of drug-likeness (QED) is 0.0862. The predicted octanol–water partition coefficient (Wildman–Crippen LogP) is 6.76. The van der Waals surface area contributed by atoms with Crippen LogP contribution < -0.4 is 5.32 Å². The number of aryl methyl sites for hydroxylation is 2. The monoisotopic (exact) mass is 611 g/mol. The van der Waals surface area contributed by atoms with Crippen molar-refractivity contribution in [3.8, 4) is 11.3 Å². The molecule has 3 amide bonds. The average Bonchev–Trinajstić information content (AvgIpc) is 3.51. The van der Waals surface area contributed by atoms with Gasteiger partial charge >= 0.3 is 5.97 Å². The van der Waals surface area contributed by atoms with Gasteiger partial charge < -0.3 is 14.5 Å². The molecular weight excluding hydrogens is 586 g/mol. The lowest BCUT2D eigenvalue weighted by atomic mass is 10.0. The zero-order valence-electron chi connectivity index (χ0n) is 22.9. The maximum absolute atomic E-state index is 13.0. The second-order valence-electron chi connectivity index (χ2n) is 9.41. The Morgan fingerprint density at radius 1 is 1.14 bits per heavy atom. The number of halogens is 1. The van der Waals surface area contributed by atoms with Gasteiger partial charge in [0.25, 0.3) is 16.8 Å². The smallest absolute Gasteiger partial charge is 0.339 e. The van der Waals surface area contributed by atoms with Crippen molar-refractivity contribution in [3.63, 3.8) is 0 Å². The highest BCUT2D eigenvalue weighted by atomic mass is 35.5. The summed E-state index contributed by atoms with van der Waals surface area (Å²) in [4.78, 5) is 62.4. The lowest BCUT2D eigenvalue weighted by Gasteiger charge is -2.13. The number of ether oxygens (including phenoxy) is 1. The van der Waals surface area contributed by atoms with E-state index in [-0.39, 0.29) is 50.6 Å². The fourth-order valence-electron chi connectivity index (χ4n) is 3.98. The third-order valence-corrected chi connectivity index (χ3v) is 7.59. The Labute approximate surface area is 250 Å². The van der Waals surface area contributed by atoms with Crippen LogP contribution in [0.15, 0.2) is 51.8 Å². The van der Waals surface area contributed by atoms with Gasteiger partial charge in [-0.15, -0.1) is 0 Å². The summed E-state index contributed by atoms with van der Waals surface area (Å²) in [5.74, 6) is -1.58. The number of hydrogen-bond donors (Lipinski definition) is 1. The molecule has 1 saturated heterocycles. The van der Waals surface area contributed by atoms with Crippen LogP contribution in [0.5, 0.6) is 0 Å². The second-order valence-corrected chi connectivity index (χ2v) is 10.8. The first-order valence-electron chi connectivity index (χ1n) is 12.9. The number of amides is 3. The van der Waals surface area contributed by atoms with E-state index in [4.69, 9.17) is 20.8 Å². The van der Waals surface area contributed by atoms with Gasteiger partial charge in [0.2, 0.25) is 5.91 Å². The van der Waals surface area contributed by atoms with Crippen LogP contribution in [0.25, 0.3) is 17.4 Å². The van der Waals surface area contributed by atoms with Crippen LogP contribution in [0.1, 0.15) is 47.0 Å². The van der Waals surface area contributed by atoms with Gasteiger partial charge in [-0.2, -0.15) is 0 Å². The molecule has 0 atom stereocenters. The molecule has 0 unspecified atom stereocenters. The van der Waals surface area contributed by atoms with Crippen molar-refractivity contribution in [2.24, 2.45) is 0 Å². The number of nitrogens with zero attached hydrogens (tertiary/aromatic N) is 2. The molecule has 0 saturated carbocycles. The number of anilines is 1. The average molecular weight is 612 g/mol. The number of esters is 1. The standard InChI is InChI=1S/C29H26ClN3O8S/c1-4-5-10-40-28(36)20-13-18(6-8-22(20)30)31-26(34)15-32-27(35)25(42-29(32)37)14-19-7-9-24(41-19)21-11-16(2)17(3)12-23(21)33(38)39/h6-9,11-14H,4-5,10,15H2,1-3H3,(H,31,34)/b25-14-. The molecule has 0 aliphatic carbocycles. The maximum Gasteiger partial charge on any atom is 0.339 e. The molecule has 3 aromatic rings. The van der Waals surface area contributed by atoms with Crippen LogP contribution in [0.4, 0.5) is 16.2 Å². The lowest BCUT2D eigenvalue weighted by Crippen LogP contribution is -2.36. The minimum atomic E-state index is -0.702. The van der Waals surface area contributed by atoms with Crippen molar-refractivity contribution >= 4 is 63.8 Å². The van der Waals surface area contributed by atoms with Crippen molar-refractivity contribution < 1.29 is 33.3 Å². The fraction of sp³-hybridized carbons (Fsp3) is 0.241. The Morgan fingerprint density at radius 3 is 2.60 bits per heavy atom. The molecule has 1 fully saturated rings. The van der Waals surface area contributed by atoms with Gasteiger partial charge in [0.15, 0.2) is 0 Å². The fourth-order valence-corrected chi connectivity index (χ4v) is 4.99. The van der Waals surface area contributed by atoms with Crippen LogP contribution in [0, 0.1) is 24.0 Å². The highest BCUT2D eigenvalue weighted by molar-refractivity contribution is 8.18. The summed E-state index contributed by atoms with van der Waals surface area (Å²) in [5.41, 5.74) is 2.08. The van der Waals surface area contributed by atoms with E-state index in [0.717, 1.165) is 22.4 Å². The third kappa shape index (κ3) is 6.89. The van der Waals surface area contributed by atoms with Crippen molar-refractivity contribution in [2.45, 2.75) is 33.6 Å². The van der Waals surface area contributed by atoms with Gasteiger partial charge in [-0.1, -0.05) is 24.9 Å². The summed E-state index contributed by atoms with van der Waals surface area (Å²) in [7, 11) is 0. The first-order valence-corrected chi connectivity index (χ1v) is 14.1. The molecule has 4 rings (SSSR count). The first kappa shape index (κ1) is 30.5. The second kappa shape index (κ2) is 13.0. The van der Waals surface area contributed by atoms with Crippen molar-refractivity contribution in [1.82, 2.24) is 4.90 Å². The summed E-state index contributed by atoms with van der Waals surface area (Å²) < 4.78 is 10.9. The van der Waals surface area contributed by atoms with Crippen molar-refractivity contribution in [1.29, 1.82) is 0 Å². The Kier molecular flexibility index (Phi) is 9.48. The van der Waals surface area contributed by atoms with Crippen LogP contribution >= 0.6 is 23.4 Å². The van der Waals surface area contributed by atoms with Crippen molar-refractivity contribution in [2.75, 3.05) is 18.5 Å². The third-order valence-electron chi connectivity index (χ3n) is 6.35. The van der Waals surface area contributed by atoms with E-state index in [9.17, 15) is 29.3 Å². The highest BCUT2D eigenvalue weighted by Crippen LogP contribution is 2.36. The molecule has 1 aliphatic heterocycles. The number of unbranched alkanes of at least 4 members (excludes halogenated alkanes) is 1. The maximum atomic E-state index is 13.0. The zero-order chi connectivity index (χ0) is 30.6. The molecule has 42 heavy (non-hydrogen) atoms. The van der Waals surface area contributed by atoms with E-state index < -0.39 is 34.5 Å². The van der Waals surface area contributed by atoms with E-state index in [1.165, 1.54) is 36.4 Å². The number of hydrogen-bond acceptors (Lipinski definition) is 9. The summed E-state index contributed by atoms with van der Waals surface area (Å²) in [6, 6.07) is 10.5. The Balaban J connectivity index is 1.45. The highest BCUT2D eigenvalue weighted by Gasteiger charge is 2.36. The van der Waals surface area contributed by atoms with Crippen molar-refractivity contribution in [3.05, 3.63) is 85.0 Å². The number of carbonyl (C=O) groups excluding carboxylic acids is 4. The summed E-state index contributed by atoms with van der Waals surface area (Å²) in [5, 5.41) is 13.6. The number of nitro groups is 1. The normalized spacial score (nSPS) is 14.0.